The minimum Gasteiger partial charge on any atom is -0.497 e. The molecular formula is C37H43N3O6S. The summed E-state index contributed by atoms with van der Waals surface area (Å²) in [6, 6.07) is 28.6. The van der Waals surface area contributed by atoms with Crippen molar-refractivity contribution in [1.29, 1.82) is 0 Å². The van der Waals surface area contributed by atoms with Crippen molar-refractivity contribution in [1.82, 2.24) is 10.2 Å². The van der Waals surface area contributed by atoms with Gasteiger partial charge in [0, 0.05) is 19.0 Å². The van der Waals surface area contributed by atoms with Crippen molar-refractivity contribution >= 4 is 27.5 Å². The lowest BCUT2D eigenvalue weighted by atomic mass is 10.0. The smallest absolute Gasteiger partial charge is 0.264 e. The van der Waals surface area contributed by atoms with Gasteiger partial charge in [0.2, 0.25) is 11.8 Å². The fourth-order valence-electron chi connectivity index (χ4n) is 5.08. The van der Waals surface area contributed by atoms with Crippen LogP contribution in [0.1, 0.15) is 37.0 Å². The van der Waals surface area contributed by atoms with Gasteiger partial charge in [-0.05, 0) is 79.9 Å². The van der Waals surface area contributed by atoms with Gasteiger partial charge >= 0.3 is 0 Å². The van der Waals surface area contributed by atoms with Crippen molar-refractivity contribution in [2.24, 2.45) is 0 Å². The SMILES string of the molecule is CC[C@H](C)NC(=O)[C@@H](Cc1ccccc1)N(Cc1cccc(OC)c1)C(=O)CN(c1ccc(C)cc1)S(=O)(=O)c1ccc(OC)cc1. The van der Waals surface area contributed by atoms with Gasteiger partial charge in [-0.1, -0.05) is 67.1 Å². The number of carbonyl (C=O) groups is 2. The zero-order valence-corrected chi connectivity index (χ0v) is 28.4. The topological polar surface area (TPSA) is 105 Å². The van der Waals surface area contributed by atoms with E-state index in [0.29, 0.717) is 23.6 Å². The third-order valence-corrected chi connectivity index (χ3v) is 9.80. The Morgan fingerprint density at radius 1 is 0.809 bits per heavy atom. The number of nitrogens with zero attached hydrogens (tertiary/aromatic N) is 2. The van der Waals surface area contributed by atoms with Crippen LogP contribution in [0.3, 0.4) is 0 Å². The van der Waals surface area contributed by atoms with Crippen LogP contribution >= 0.6 is 0 Å². The number of methoxy groups -OCH3 is 2. The quantitative estimate of drug-likeness (QED) is 0.174. The van der Waals surface area contributed by atoms with Crippen LogP contribution in [0.4, 0.5) is 5.69 Å². The van der Waals surface area contributed by atoms with E-state index in [-0.39, 0.29) is 29.8 Å². The summed E-state index contributed by atoms with van der Waals surface area (Å²) in [5, 5.41) is 3.05. The molecule has 0 aliphatic heterocycles. The first-order valence-electron chi connectivity index (χ1n) is 15.6. The molecule has 0 aromatic heterocycles. The second-order valence-electron chi connectivity index (χ2n) is 11.4. The van der Waals surface area contributed by atoms with Gasteiger partial charge < -0.3 is 19.7 Å². The standard InChI is InChI=1S/C37H43N3O6S/c1-6-28(3)38-37(42)35(24-29-11-8-7-9-12-29)39(25-30-13-10-14-33(23-30)46-5)36(41)26-40(31-17-15-27(2)16-18-31)47(43,44)34-21-19-32(45-4)20-22-34/h7-23,28,35H,6,24-26H2,1-5H3,(H,38,42)/t28-,35+/m0/s1. The summed E-state index contributed by atoms with van der Waals surface area (Å²) in [6.07, 6.45) is 0.934. The first kappa shape index (κ1) is 35.0. The molecule has 0 radical (unpaired) electrons. The summed E-state index contributed by atoms with van der Waals surface area (Å²) in [4.78, 5) is 30.1. The van der Waals surface area contributed by atoms with Crippen LogP contribution in [-0.4, -0.2) is 58.0 Å². The Labute approximate surface area is 278 Å². The number of aryl methyl sites for hydroxylation is 1. The van der Waals surface area contributed by atoms with Gasteiger partial charge in [-0.15, -0.1) is 0 Å². The van der Waals surface area contributed by atoms with E-state index in [4.69, 9.17) is 9.47 Å². The Morgan fingerprint density at radius 2 is 1.45 bits per heavy atom. The predicted octanol–water partition coefficient (Wildman–Crippen LogP) is 5.76. The van der Waals surface area contributed by atoms with E-state index in [1.165, 1.54) is 24.1 Å². The van der Waals surface area contributed by atoms with E-state index in [1.54, 1.807) is 55.6 Å². The Morgan fingerprint density at radius 3 is 2.06 bits per heavy atom. The lowest BCUT2D eigenvalue weighted by Gasteiger charge is -2.34. The van der Waals surface area contributed by atoms with Gasteiger partial charge in [-0.25, -0.2) is 8.42 Å². The molecule has 2 amide bonds. The summed E-state index contributed by atoms with van der Waals surface area (Å²) >= 11 is 0. The fourth-order valence-corrected chi connectivity index (χ4v) is 6.49. The van der Waals surface area contributed by atoms with Crippen molar-refractivity contribution in [3.05, 3.63) is 120 Å². The number of hydrogen-bond donors (Lipinski definition) is 1. The number of benzene rings is 4. The van der Waals surface area contributed by atoms with E-state index in [1.807, 2.05) is 63.2 Å². The number of anilines is 1. The molecule has 0 aliphatic rings. The highest BCUT2D eigenvalue weighted by Crippen LogP contribution is 2.27. The van der Waals surface area contributed by atoms with Crippen molar-refractivity contribution in [2.75, 3.05) is 25.1 Å². The molecule has 4 aromatic rings. The Kier molecular flexibility index (Phi) is 12.0. The number of amides is 2. The van der Waals surface area contributed by atoms with Crippen LogP contribution < -0.4 is 19.1 Å². The van der Waals surface area contributed by atoms with Gasteiger partial charge in [0.25, 0.3) is 10.0 Å². The van der Waals surface area contributed by atoms with Gasteiger partial charge in [-0.2, -0.15) is 0 Å². The van der Waals surface area contributed by atoms with Gasteiger partial charge in [0.15, 0.2) is 0 Å². The largest absolute Gasteiger partial charge is 0.497 e. The normalized spacial score (nSPS) is 12.4. The Balaban J connectivity index is 1.81. The molecule has 47 heavy (non-hydrogen) atoms. The molecule has 0 spiro atoms. The molecule has 0 heterocycles. The van der Waals surface area contributed by atoms with Crippen molar-refractivity contribution < 1.29 is 27.5 Å². The van der Waals surface area contributed by atoms with Crippen LogP contribution in [0.15, 0.2) is 108 Å². The lowest BCUT2D eigenvalue weighted by Crippen LogP contribution is -2.54. The second-order valence-corrected chi connectivity index (χ2v) is 13.3. The molecule has 248 valence electrons. The average molecular weight is 658 g/mol. The molecule has 0 unspecified atom stereocenters. The van der Waals surface area contributed by atoms with Crippen LogP contribution in [0.5, 0.6) is 11.5 Å². The molecule has 0 bridgehead atoms. The molecule has 2 atom stereocenters. The van der Waals surface area contributed by atoms with E-state index < -0.39 is 28.5 Å². The van der Waals surface area contributed by atoms with Crippen molar-refractivity contribution in [3.63, 3.8) is 0 Å². The minimum absolute atomic E-state index is 0.00127. The zero-order valence-electron chi connectivity index (χ0n) is 27.6. The summed E-state index contributed by atoms with van der Waals surface area (Å²) in [5.41, 5.74) is 2.85. The number of hydrogen-bond acceptors (Lipinski definition) is 6. The van der Waals surface area contributed by atoms with Crippen LogP contribution in [0.2, 0.25) is 0 Å². The average Bonchev–Trinajstić information content (AvgIpc) is 3.09. The number of nitrogens with one attached hydrogen (secondary N) is 1. The third-order valence-electron chi connectivity index (χ3n) is 8.01. The monoisotopic (exact) mass is 657 g/mol. The van der Waals surface area contributed by atoms with E-state index in [2.05, 4.69) is 5.32 Å². The molecular weight excluding hydrogens is 614 g/mol. The van der Waals surface area contributed by atoms with Crippen LogP contribution in [0.25, 0.3) is 0 Å². The minimum atomic E-state index is -4.22. The van der Waals surface area contributed by atoms with Crippen LogP contribution in [0, 0.1) is 6.92 Å². The fraction of sp³-hybridized carbons (Fsp3) is 0.297. The lowest BCUT2D eigenvalue weighted by molar-refractivity contribution is -0.140. The van der Waals surface area contributed by atoms with Gasteiger partial charge in [-0.3, -0.25) is 13.9 Å². The highest BCUT2D eigenvalue weighted by Gasteiger charge is 2.35. The molecule has 4 aromatic carbocycles. The second kappa shape index (κ2) is 16.1. The van der Waals surface area contributed by atoms with E-state index in [9.17, 15) is 18.0 Å². The molecule has 4 rings (SSSR count). The van der Waals surface area contributed by atoms with Gasteiger partial charge in [0.1, 0.15) is 24.1 Å². The Bertz CT molecular complexity index is 1730. The number of rotatable bonds is 15. The summed E-state index contributed by atoms with van der Waals surface area (Å²) in [7, 11) is -1.16. The van der Waals surface area contributed by atoms with Crippen LogP contribution in [-0.2, 0) is 32.6 Å². The highest BCUT2D eigenvalue weighted by atomic mass is 32.2. The Hall–Kier alpha value is -4.83. The molecule has 0 fully saturated rings. The van der Waals surface area contributed by atoms with Crippen molar-refractivity contribution in [2.45, 2.75) is 57.1 Å². The summed E-state index contributed by atoms with van der Waals surface area (Å²) < 4.78 is 40.2. The highest BCUT2D eigenvalue weighted by molar-refractivity contribution is 7.92. The first-order valence-corrected chi connectivity index (χ1v) is 17.0. The first-order chi connectivity index (χ1) is 22.5. The predicted molar refractivity (Wildman–Crippen MR) is 184 cm³/mol. The number of ether oxygens (including phenoxy) is 2. The molecule has 0 aliphatic carbocycles. The number of carbonyl (C=O) groups excluding carboxylic acids is 2. The van der Waals surface area contributed by atoms with Crippen molar-refractivity contribution in [3.8, 4) is 11.5 Å². The third kappa shape index (κ3) is 9.13. The van der Waals surface area contributed by atoms with Gasteiger partial charge in [0.05, 0.1) is 24.8 Å². The molecule has 1 N–H and O–H groups in total. The molecule has 9 nitrogen and oxygen atoms in total. The molecule has 0 saturated heterocycles. The summed E-state index contributed by atoms with van der Waals surface area (Å²) in [5.74, 6) is 0.245. The van der Waals surface area contributed by atoms with E-state index in [0.717, 1.165) is 21.0 Å². The molecule has 0 saturated carbocycles. The van der Waals surface area contributed by atoms with E-state index >= 15 is 0 Å². The number of sulfonamides is 1. The maximum atomic E-state index is 14.6. The summed E-state index contributed by atoms with van der Waals surface area (Å²) in [6.45, 7) is 5.29. The molecule has 10 heteroatoms. The maximum absolute atomic E-state index is 14.6. The maximum Gasteiger partial charge on any atom is 0.264 e. The zero-order chi connectivity index (χ0) is 34.0.